The van der Waals surface area contributed by atoms with Crippen molar-refractivity contribution >= 4 is 29.4 Å². The van der Waals surface area contributed by atoms with Gasteiger partial charge in [0, 0.05) is 31.2 Å². The second-order valence-corrected chi connectivity index (χ2v) is 9.22. The Morgan fingerprint density at radius 1 is 1.00 bits per heavy atom. The summed E-state index contributed by atoms with van der Waals surface area (Å²) in [5.74, 6) is -5.27. The van der Waals surface area contributed by atoms with E-state index in [1.54, 1.807) is 12.4 Å². The number of carbonyl (C=O) groups is 4. The molecule has 3 heterocycles. The topological polar surface area (TPSA) is 140 Å². The number of hydrogen-bond donors (Lipinski definition) is 3. The van der Waals surface area contributed by atoms with E-state index in [9.17, 15) is 35.9 Å². The lowest BCUT2D eigenvalue weighted by molar-refractivity contribution is -0.193. The number of amides is 2. The smallest absolute Gasteiger partial charge is 0.475 e. The Morgan fingerprint density at radius 2 is 1.51 bits per heavy atom. The van der Waals surface area contributed by atoms with Gasteiger partial charge < -0.3 is 25.3 Å². The Kier molecular flexibility index (Phi) is 11.7. The summed E-state index contributed by atoms with van der Waals surface area (Å²) in [6.45, 7) is 6.18. The molecule has 0 bridgehead atoms. The van der Waals surface area contributed by atoms with Crippen molar-refractivity contribution in [1.29, 1.82) is 0 Å². The number of anilines is 1. The van der Waals surface area contributed by atoms with Crippen LogP contribution in [0.15, 0.2) is 24.5 Å². The fraction of sp³-hybridized carbons (Fsp3) is 0.609. The molecule has 220 valence electrons. The van der Waals surface area contributed by atoms with E-state index in [1.165, 1.54) is 0 Å². The standard InChI is InChI=1S/C19H28N4O2.2C2HF3O2/c1-14(2)17(24)23-10-6-16-19(8-12-23,7-11-22(16)3)18(25)21-15-5-4-9-20-13-15;2*3-2(4,5)1(6)7/h4-5,9,13-14,16H,6-8,10-12H2,1-3H3,(H,21,25);2*(H,6,7)/t16-,19-;;/m1../s1. The third-order valence-corrected chi connectivity index (χ3v) is 6.24. The van der Waals surface area contributed by atoms with E-state index >= 15 is 0 Å². The molecule has 0 aliphatic carbocycles. The zero-order valence-corrected chi connectivity index (χ0v) is 21.3. The number of aliphatic carboxylic acids is 2. The first-order valence-corrected chi connectivity index (χ1v) is 11.6. The zero-order valence-electron chi connectivity index (χ0n) is 21.3. The lowest BCUT2D eigenvalue weighted by atomic mass is 9.75. The molecule has 0 spiro atoms. The maximum atomic E-state index is 13.2. The van der Waals surface area contributed by atoms with Crippen molar-refractivity contribution in [3.05, 3.63) is 24.5 Å². The molecule has 2 aliphatic heterocycles. The third kappa shape index (κ3) is 9.67. The SMILES string of the molecule is CC(C)C(=O)N1CC[C@H]2N(C)CC[C@@]2(C(=O)Nc2cccnc2)CC1.O=C(O)C(F)(F)F.O=C(O)C(F)(F)F. The summed E-state index contributed by atoms with van der Waals surface area (Å²) < 4.78 is 63.5. The molecule has 0 aromatic carbocycles. The van der Waals surface area contributed by atoms with Crippen molar-refractivity contribution in [2.24, 2.45) is 11.3 Å². The quantitative estimate of drug-likeness (QED) is 0.469. The molecule has 3 N–H and O–H groups in total. The van der Waals surface area contributed by atoms with E-state index in [0.29, 0.717) is 13.0 Å². The van der Waals surface area contributed by atoms with Crippen molar-refractivity contribution in [2.75, 3.05) is 32.0 Å². The molecule has 3 rings (SSSR count). The maximum absolute atomic E-state index is 13.2. The van der Waals surface area contributed by atoms with Crippen LogP contribution in [0.2, 0.25) is 0 Å². The average Bonchev–Trinajstić information content (AvgIpc) is 3.02. The van der Waals surface area contributed by atoms with Gasteiger partial charge in [-0.25, -0.2) is 9.59 Å². The van der Waals surface area contributed by atoms with Gasteiger partial charge in [-0.15, -0.1) is 0 Å². The van der Waals surface area contributed by atoms with Crippen LogP contribution in [0, 0.1) is 11.3 Å². The van der Waals surface area contributed by atoms with Crippen LogP contribution in [0.1, 0.15) is 33.1 Å². The molecule has 39 heavy (non-hydrogen) atoms. The summed E-state index contributed by atoms with van der Waals surface area (Å²) in [5.41, 5.74) is 0.297. The van der Waals surface area contributed by atoms with E-state index < -0.39 is 29.7 Å². The minimum absolute atomic E-state index is 0.00385. The van der Waals surface area contributed by atoms with E-state index in [1.807, 2.05) is 30.9 Å². The summed E-state index contributed by atoms with van der Waals surface area (Å²) in [6, 6.07) is 3.86. The van der Waals surface area contributed by atoms with Gasteiger partial charge in [0.1, 0.15) is 0 Å². The van der Waals surface area contributed by atoms with Gasteiger partial charge in [0.2, 0.25) is 11.8 Å². The summed E-state index contributed by atoms with van der Waals surface area (Å²) in [5, 5.41) is 17.3. The summed E-state index contributed by atoms with van der Waals surface area (Å²) in [4.78, 5) is 51.7. The lowest BCUT2D eigenvalue weighted by Gasteiger charge is -2.34. The predicted octanol–water partition coefficient (Wildman–Crippen LogP) is 3.26. The predicted molar refractivity (Wildman–Crippen MR) is 124 cm³/mol. The zero-order chi connectivity index (χ0) is 30.2. The van der Waals surface area contributed by atoms with Crippen LogP contribution < -0.4 is 5.32 Å². The van der Waals surface area contributed by atoms with Gasteiger partial charge >= 0.3 is 24.3 Å². The largest absolute Gasteiger partial charge is 0.490 e. The number of aromatic nitrogens is 1. The Balaban J connectivity index is 0.000000449. The Bertz CT molecular complexity index is 981. The molecule has 1 aromatic rings. The molecule has 2 atom stereocenters. The van der Waals surface area contributed by atoms with Crippen LogP contribution in [0.25, 0.3) is 0 Å². The fourth-order valence-corrected chi connectivity index (χ4v) is 4.29. The van der Waals surface area contributed by atoms with Gasteiger partial charge in [-0.2, -0.15) is 26.3 Å². The first kappa shape index (κ1) is 33.6. The first-order valence-electron chi connectivity index (χ1n) is 11.6. The molecular weight excluding hydrogens is 542 g/mol. The van der Waals surface area contributed by atoms with Crippen LogP contribution in [0.4, 0.5) is 32.0 Å². The number of fused-ring (bicyclic) bond motifs is 1. The number of rotatable bonds is 3. The third-order valence-electron chi connectivity index (χ3n) is 6.24. The maximum Gasteiger partial charge on any atom is 0.490 e. The van der Waals surface area contributed by atoms with Crippen molar-refractivity contribution in [1.82, 2.24) is 14.8 Å². The minimum atomic E-state index is -5.08. The second kappa shape index (κ2) is 13.6. The molecule has 2 saturated heterocycles. The van der Waals surface area contributed by atoms with Crippen molar-refractivity contribution < 1.29 is 55.7 Å². The minimum Gasteiger partial charge on any atom is -0.475 e. The molecule has 2 fully saturated rings. The fourth-order valence-electron chi connectivity index (χ4n) is 4.29. The number of halogens is 6. The Hall–Kier alpha value is -3.43. The summed E-state index contributed by atoms with van der Waals surface area (Å²) in [6.07, 6.45) is -4.40. The normalized spacial score (nSPS) is 21.4. The Labute approximate surface area is 220 Å². The van der Waals surface area contributed by atoms with Gasteiger partial charge in [0.05, 0.1) is 17.3 Å². The highest BCUT2D eigenvalue weighted by molar-refractivity contribution is 5.96. The number of carboxylic acids is 2. The number of pyridine rings is 1. The van der Waals surface area contributed by atoms with Crippen LogP contribution in [0.3, 0.4) is 0 Å². The molecule has 10 nitrogen and oxygen atoms in total. The molecule has 0 radical (unpaired) electrons. The summed E-state index contributed by atoms with van der Waals surface area (Å²) >= 11 is 0. The summed E-state index contributed by atoms with van der Waals surface area (Å²) in [7, 11) is 2.09. The van der Waals surface area contributed by atoms with Gasteiger partial charge in [0.25, 0.3) is 0 Å². The van der Waals surface area contributed by atoms with E-state index in [0.717, 1.165) is 31.6 Å². The number of likely N-dealkylation sites (tertiary alicyclic amines) is 2. The number of nitrogens with one attached hydrogen (secondary N) is 1. The highest BCUT2D eigenvalue weighted by Gasteiger charge is 2.52. The molecule has 0 unspecified atom stereocenters. The molecular formula is C23H30F6N4O6. The van der Waals surface area contributed by atoms with Crippen LogP contribution in [-0.4, -0.2) is 93.8 Å². The number of carbonyl (C=O) groups excluding carboxylic acids is 2. The van der Waals surface area contributed by atoms with Crippen molar-refractivity contribution in [3.63, 3.8) is 0 Å². The van der Waals surface area contributed by atoms with E-state index in [2.05, 4.69) is 22.2 Å². The van der Waals surface area contributed by atoms with Crippen LogP contribution in [-0.2, 0) is 19.2 Å². The number of nitrogens with zero attached hydrogens (tertiary/aromatic N) is 3. The number of hydrogen-bond acceptors (Lipinski definition) is 6. The van der Waals surface area contributed by atoms with E-state index in [4.69, 9.17) is 19.8 Å². The van der Waals surface area contributed by atoms with Crippen molar-refractivity contribution in [2.45, 2.75) is 51.5 Å². The molecule has 2 amide bonds. The lowest BCUT2D eigenvalue weighted by Crippen LogP contribution is -2.46. The van der Waals surface area contributed by atoms with Gasteiger partial charge in [-0.05, 0) is 45.0 Å². The van der Waals surface area contributed by atoms with Gasteiger partial charge in [0.15, 0.2) is 0 Å². The Morgan fingerprint density at radius 3 is 1.95 bits per heavy atom. The van der Waals surface area contributed by atoms with Crippen molar-refractivity contribution in [3.8, 4) is 0 Å². The number of carboxylic acid groups (broad SMARTS) is 2. The highest BCUT2D eigenvalue weighted by Crippen LogP contribution is 2.44. The first-order chi connectivity index (χ1) is 17.8. The molecule has 2 aliphatic rings. The number of alkyl halides is 6. The second-order valence-electron chi connectivity index (χ2n) is 9.22. The molecule has 0 saturated carbocycles. The average molecular weight is 573 g/mol. The molecule has 16 heteroatoms. The molecule has 1 aromatic heterocycles. The van der Waals surface area contributed by atoms with Crippen LogP contribution >= 0.6 is 0 Å². The van der Waals surface area contributed by atoms with Gasteiger partial charge in [-0.1, -0.05) is 13.8 Å². The van der Waals surface area contributed by atoms with Crippen LogP contribution in [0.5, 0.6) is 0 Å². The monoisotopic (exact) mass is 572 g/mol. The van der Waals surface area contributed by atoms with Gasteiger partial charge in [-0.3, -0.25) is 14.6 Å². The highest BCUT2D eigenvalue weighted by atomic mass is 19.4. The van der Waals surface area contributed by atoms with E-state index in [-0.39, 0.29) is 23.8 Å².